The number of nitrogens with zero attached hydrogens (tertiary/aromatic N) is 6. The van der Waals surface area contributed by atoms with Crippen molar-refractivity contribution in [2.75, 3.05) is 6.61 Å². The maximum Gasteiger partial charge on any atom is 0.422 e. The van der Waals surface area contributed by atoms with Crippen LogP contribution in [-0.2, 0) is 17.6 Å². The Morgan fingerprint density at radius 2 is 1.69 bits per heavy atom. The standard InChI is InChI=1S/C21H17F7N6O2/c22-13-1-2-14(15(23)3-13)19(35,9-34-11-31-32-33-34)21(27,28)18-6-17(7-18,8-18)12-4-29-16(30-5-12)36-10-20(24,25)26/h1-5,11,35H,6-10H2/t17?,18?,19-/m0/s1. The first-order valence-corrected chi connectivity index (χ1v) is 10.6. The molecule has 3 aliphatic rings. The SMILES string of the molecule is O[C@@](Cn1cnnn1)(c1ccc(F)cc1F)C(F)(F)C12CC(c3cnc(OCC(F)(F)F)nc3)(C1)C2. The van der Waals surface area contributed by atoms with Gasteiger partial charge in [0.05, 0.1) is 6.54 Å². The van der Waals surface area contributed by atoms with Gasteiger partial charge in [-0.25, -0.2) is 32.2 Å². The Balaban J connectivity index is 1.39. The minimum Gasteiger partial charge on any atom is -0.454 e. The Kier molecular flexibility index (Phi) is 5.29. The van der Waals surface area contributed by atoms with Crippen LogP contribution in [0.2, 0.25) is 0 Å². The van der Waals surface area contributed by atoms with E-state index in [0.717, 1.165) is 23.1 Å². The Labute approximate surface area is 198 Å². The summed E-state index contributed by atoms with van der Waals surface area (Å²) in [5.41, 5.74) is -6.02. The molecule has 0 spiro atoms. The van der Waals surface area contributed by atoms with Crippen LogP contribution in [-0.4, -0.2) is 54.0 Å². The number of alkyl halides is 5. The van der Waals surface area contributed by atoms with Crippen molar-refractivity contribution in [3.05, 3.63) is 59.7 Å². The second-order valence-corrected chi connectivity index (χ2v) is 9.32. The molecule has 1 atom stereocenters. The lowest BCUT2D eigenvalue weighted by Gasteiger charge is -2.74. The summed E-state index contributed by atoms with van der Waals surface area (Å²) in [7, 11) is 0. The molecule has 0 amide bonds. The van der Waals surface area contributed by atoms with Gasteiger partial charge in [-0.15, -0.1) is 5.10 Å². The smallest absolute Gasteiger partial charge is 0.422 e. The highest BCUT2D eigenvalue weighted by molar-refractivity contribution is 5.41. The average Bonchev–Trinajstić information content (AvgIpc) is 3.23. The second kappa shape index (κ2) is 7.82. The zero-order chi connectivity index (χ0) is 26.0. The molecule has 0 aliphatic heterocycles. The fraction of sp³-hybridized carbons (Fsp3) is 0.476. The molecule has 0 unspecified atom stereocenters. The first kappa shape index (κ1) is 24.3. The number of tetrazole rings is 1. The minimum atomic E-state index is -4.57. The van der Waals surface area contributed by atoms with Gasteiger partial charge in [-0.05, 0) is 47.4 Å². The average molecular weight is 518 g/mol. The van der Waals surface area contributed by atoms with Crippen LogP contribution < -0.4 is 4.74 Å². The minimum absolute atomic E-state index is 0.125. The summed E-state index contributed by atoms with van der Waals surface area (Å²) in [6.45, 7) is -2.48. The third-order valence-electron chi connectivity index (χ3n) is 6.98. The number of ether oxygens (including phenoxy) is 1. The number of hydrogen-bond donors (Lipinski definition) is 1. The van der Waals surface area contributed by atoms with Gasteiger partial charge in [0, 0.05) is 34.9 Å². The van der Waals surface area contributed by atoms with Crippen molar-refractivity contribution < 1.29 is 40.6 Å². The van der Waals surface area contributed by atoms with E-state index in [0.29, 0.717) is 11.6 Å². The summed E-state index contributed by atoms with van der Waals surface area (Å²) in [5, 5.41) is 21.5. The quantitative estimate of drug-likeness (QED) is 0.457. The molecule has 2 bridgehead atoms. The molecule has 15 heteroatoms. The molecule has 36 heavy (non-hydrogen) atoms. The largest absolute Gasteiger partial charge is 0.454 e. The van der Waals surface area contributed by atoms with Gasteiger partial charge in [-0.2, -0.15) is 13.2 Å². The molecule has 3 saturated carbocycles. The molecule has 8 nitrogen and oxygen atoms in total. The van der Waals surface area contributed by atoms with E-state index in [1.54, 1.807) is 0 Å². The van der Waals surface area contributed by atoms with Crippen LogP contribution in [0.3, 0.4) is 0 Å². The van der Waals surface area contributed by atoms with E-state index in [2.05, 4.69) is 30.2 Å². The summed E-state index contributed by atoms with van der Waals surface area (Å²) >= 11 is 0. The van der Waals surface area contributed by atoms with Crippen LogP contribution in [0.5, 0.6) is 6.01 Å². The maximum atomic E-state index is 16.1. The van der Waals surface area contributed by atoms with Crippen molar-refractivity contribution in [1.29, 1.82) is 0 Å². The summed E-state index contributed by atoms with van der Waals surface area (Å²) in [5.74, 6) is -6.27. The molecule has 3 aromatic rings. The van der Waals surface area contributed by atoms with Crippen molar-refractivity contribution in [1.82, 2.24) is 30.2 Å². The molecule has 6 rings (SSSR count). The van der Waals surface area contributed by atoms with E-state index in [1.807, 2.05) is 0 Å². The van der Waals surface area contributed by atoms with Gasteiger partial charge in [0.15, 0.2) is 12.2 Å². The van der Waals surface area contributed by atoms with Crippen LogP contribution in [0.4, 0.5) is 30.7 Å². The predicted octanol–water partition coefficient (Wildman–Crippen LogP) is 3.33. The van der Waals surface area contributed by atoms with E-state index in [4.69, 9.17) is 0 Å². The lowest BCUT2D eigenvalue weighted by molar-refractivity contribution is -0.347. The van der Waals surface area contributed by atoms with Crippen molar-refractivity contribution in [3.63, 3.8) is 0 Å². The van der Waals surface area contributed by atoms with Crippen molar-refractivity contribution in [2.24, 2.45) is 5.41 Å². The molecule has 2 heterocycles. The van der Waals surface area contributed by atoms with Crippen molar-refractivity contribution in [3.8, 4) is 6.01 Å². The zero-order valence-corrected chi connectivity index (χ0v) is 18.2. The fourth-order valence-electron chi connectivity index (χ4n) is 5.34. The molecule has 1 N–H and O–H groups in total. The molecule has 3 aliphatic carbocycles. The molecule has 192 valence electrons. The van der Waals surface area contributed by atoms with Gasteiger partial charge in [0.1, 0.15) is 18.0 Å². The Morgan fingerprint density at radius 1 is 1.03 bits per heavy atom. The monoisotopic (exact) mass is 518 g/mol. The molecule has 1 aromatic carbocycles. The maximum absolute atomic E-state index is 16.1. The Hall–Kier alpha value is -3.36. The normalized spacial score (nSPS) is 25.0. The summed E-state index contributed by atoms with van der Waals surface area (Å²) in [6.07, 6.45) is -1.54. The Bertz CT molecular complexity index is 1250. The third kappa shape index (κ3) is 3.67. The van der Waals surface area contributed by atoms with Gasteiger partial charge in [-0.3, -0.25) is 0 Å². The predicted molar refractivity (Wildman–Crippen MR) is 105 cm³/mol. The van der Waals surface area contributed by atoms with Gasteiger partial charge in [0.2, 0.25) is 0 Å². The van der Waals surface area contributed by atoms with Crippen LogP contribution in [0.25, 0.3) is 0 Å². The van der Waals surface area contributed by atoms with E-state index in [9.17, 15) is 27.1 Å². The zero-order valence-electron chi connectivity index (χ0n) is 18.2. The van der Waals surface area contributed by atoms with Crippen molar-refractivity contribution >= 4 is 0 Å². The fourth-order valence-corrected chi connectivity index (χ4v) is 5.34. The highest BCUT2D eigenvalue weighted by Gasteiger charge is 2.82. The molecule has 2 aromatic heterocycles. The third-order valence-corrected chi connectivity index (χ3v) is 6.98. The first-order chi connectivity index (χ1) is 16.8. The lowest BCUT2D eigenvalue weighted by atomic mass is 9.31. The topological polar surface area (TPSA) is 98.8 Å². The van der Waals surface area contributed by atoms with E-state index >= 15 is 8.78 Å². The van der Waals surface area contributed by atoms with Gasteiger partial charge in [0.25, 0.3) is 5.92 Å². The van der Waals surface area contributed by atoms with E-state index in [1.165, 1.54) is 12.4 Å². The molecule has 0 saturated heterocycles. The number of aliphatic hydroxyl groups is 1. The second-order valence-electron chi connectivity index (χ2n) is 9.32. The molecular weight excluding hydrogens is 501 g/mol. The number of aromatic nitrogens is 6. The van der Waals surface area contributed by atoms with Gasteiger partial charge < -0.3 is 9.84 Å². The highest BCUT2D eigenvalue weighted by Crippen LogP contribution is 2.80. The number of benzene rings is 1. The lowest BCUT2D eigenvalue weighted by Crippen LogP contribution is -2.76. The van der Waals surface area contributed by atoms with Crippen LogP contribution >= 0.6 is 0 Å². The molecule has 3 fully saturated rings. The number of halogens is 7. The van der Waals surface area contributed by atoms with Gasteiger partial charge in [-0.1, -0.05) is 0 Å². The highest BCUT2D eigenvalue weighted by atomic mass is 19.4. The first-order valence-electron chi connectivity index (χ1n) is 10.6. The van der Waals surface area contributed by atoms with E-state index < -0.39 is 64.9 Å². The Morgan fingerprint density at radius 3 is 2.25 bits per heavy atom. The van der Waals surface area contributed by atoms with Crippen LogP contribution in [0, 0.1) is 17.0 Å². The van der Waals surface area contributed by atoms with Crippen LogP contribution in [0.15, 0.2) is 36.9 Å². The summed E-state index contributed by atoms with van der Waals surface area (Å²) in [6, 6.07) is 1.42. The van der Waals surface area contributed by atoms with Crippen LogP contribution in [0.1, 0.15) is 30.4 Å². The van der Waals surface area contributed by atoms with Crippen molar-refractivity contribution in [2.45, 2.75) is 48.9 Å². The van der Waals surface area contributed by atoms with Gasteiger partial charge >= 0.3 is 12.2 Å². The van der Waals surface area contributed by atoms with E-state index in [-0.39, 0.29) is 19.3 Å². The number of rotatable bonds is 8. The molecule has 0 radical (unpaired) electrons. The molecular formula is C21H17F7N6O2. The summed E-state index contributed by atoms with van der Waals surface area (Å²) < 4.78 is 103. The summed E-state index contributed by atoms with van der Waals surface area (Å²) in [4.78, 5) is 7.45. The number of hydrogen-bond acceptors (Lipinski definition) is 7.